The molecule has 0 amide bonds. The number of halogens is 1. The quantitative estimate of drug-likeness (QED) is 0.813. The van der Waals surface area contributed by atoms with Crippen molar-refractivity contribution in [3.05, 3.63) is 34.9 Å². The Kier molecular flexibility index (Phi) is 4.14. The molecule has 2 nitrogen and oxygen atoms in total. The molecule has 0 saturated carbocycles. The van der Waals surface area contributed by atoms with E-state index in [2.05, 4.69) is 26.1 Å². The third-order valence-corrected chi connectivity index (χ3v) is 2.56. The zero-order chi connectivity index (χ0) is 11.5. The van der Waals surface area contributed by atoms with Gasteiger partial charge >= 0.3 is 0 Å². The Hall–Kier alpha value is -0.570. The topological polar surface area (TPSA) is 36.8 Å². The molecule has 0 bridgehead atoms. The number of nitrogens with two attached hydrogens (primary N) is 1. The summed E-state index contributed by atoms with van der Waals surface area (Å²) in [5.41, 5.74) is 0.932. The van der Waals surface area contributed by atoms with Gasteiger partial charge in [0.05, 0.1) is 5.54 Å². The maximum absolute atomic E-state index is 9.95. The van der Waals surface area contributed by atoms with Crippen LogP contribution in [0.2, 0.25) is 5.02 Å². The number of benzene rings is 1. The number of hydrogen-bond acceptors (Lipinski definition) is 1. The zero-order valence-electron chi connectivity index (χ0n) is 9.50. The fraction of sp³-hybridized carbons (Fsp3) is 0.500. The molecule has 0 spiro atoms. The van der Waals surface area contributed by atoms with Crippen molar-refractivity contribution in [3.63, 3.8) is 0 Å². The molecule has 3 N–H and O–H groups in total. The van der Waals surface area contributed by atoms with Crippen molar-refractivity contribution in [1.29, 1.82) is 0 Å². The number of rotatable bonds is 3. The summed E-state index contributed by atoms with van der Waals surface area (Å²) >= 11 is 6.00. The summed E-state index contributed by atoms with van der Waals surface area (Å²) < 4.78 is 0. The highest BCUT2D eigenvalue weighted by Gasteiger charge is 2.18. The molecule has 0 aliphatic rings. The second kappa shape index (κ2) is 4.97. The molecule has 15 heavy (non-hydrogen) atoms. The third-order valence-electron chi connectivity index (χ3n) is 2.22. The molecule has 0 aliphatic heterocycles. The number of aliphatic hydroxyl groups is 1. The van der Waals surface area contributed by atoms with Crippen LogP contribution < -0.4 is 5.32 Å². The van der Waals surface area contributed by atoms with Crippen molar-refractivity contribution in [1.82, 2.24) is 0 Å². The van der Waals surface area contributed by atoms with Crippen LogP contribution in [0.5, 0.6) is 0 Å². The largest absolute Gasteiger partial charge is 0.382 e. The molecular weight excluding hydrogens is 210 g/mol. The third kappa shape index (κ3) is 4.20. The minimum atomic E-state index is -0.502. The first-order valence-electron chi connectivity index (χ1n) is 5.17. The van der Waals surface area contributed by atoms with E-state index in [-0.39, 0.29) is 5.54 Å². The SMILES string of the molecule is CC(C)(C)[NH2+]C[C@@H](O)c1ccccc1Cl. The van der Waals surface area contributed by atoms with Crippen molar-refractivity contribution in [2.75, 3.05) is 6.54 Å². The summed E-state index contributed by atoms with van der Waals surface area (Å²) in [6.07, 6.45) is -0.502. The van der Waals surface area contributed by atoms with Crippen molar-refractivity contribution in [3.8, 4) is 0 Å². The van der Waals surface area contributed by atoms with E-state index in [4.69, 9.17) is 11.6 Å². The highest BCUT2D eigenvalue weighted by Crippen LogP contribution is 2.21. The van der Waals surface area contributed by atoms with Crippen LogP contribution in [-0.4, -0.2) is 17.2 Å². The standard InChI is InChI=1S/C12H18ClNO/c1-12(2,3)14-8-11(15)9-6-4-5-7-10(9)13/h4-7,11,14-15H,8H2,1-3H3/p+1/t11-/m1/s1. The van der Waals surface area contributed by atoms with Gasteiger partial charge in [0.25, 0.3) is 0 Å². The van der Waals surface area contributed by atoms with Crippen molar-refractivity contribution in [2.24, 2.45) is 0 Å². The van der Waals surface area contributed by atoms with Crippen molar-refractivity contribution in [2.45, 2.75) is 32.4 Å². The van der Waals surface area contributed by atoms with E-state index in [0.717, 1.165) is 5.56 Å². The van der Waals surface area contributed by atoms with Gasteiger partial charge in [-0.05, 0) is 26.8 Å². The lowest BCUT2D eigenvalue weighted by Crippen LogP contribution is -2.95. The van der Waals surface area contributed by atoms with E-state index < -0.39 is 6.10 Å². The molecule has 0 unspecified atom stereocenters. The summed E-state index contributed by atoms with van der Waals surface area (Å²) in [7, 11) is 0. The maximum Gasteiger partial charge on any atom is 0.129 e. The van der Waals surface area contributed by atoms with Gasteiger partial charge in [0, 0.05) is 10.6 Å². The average molecular weight is 229 g/mol. The Balaban J connectivity index is 2.62. The Bertz CT molecular complexity index is 320. The molecule has 0 heterocycles. The molecular formula is C12H19ClNO+. The van der Waals surface area contributed by atoms with Crippen molar-refractivity contribution < 1.29 is 10.4 Å². The average Bonchev–Trinajstić information content (AvgIpc) is 2.14. The minimum Gasteiger partial charge on any atom is -0.382 e. The van der Waals surface area contributed by atoms with Crippen LogP contribution in [0.1, 0.15) is 32.4 Å². The molecule has 1 atom stereocenters. The fourth-order valence-electron chi connectivity index (χ4n) is 1.34. The molecule has 3 heteroatoms. The van der Waals surface area contributed by atoms with Crippen LogP contribution in [0.3, 0.4) is 0 Å². The Morgan fingerprint density at radius 3 is 2.47 bits per heavy atom. The van der Waals surface area contributed by atoms with Gasteiger partial charge in [-0.25, -0.2) is 0 Å². The minimum absolute atomic E-state index is 0.127. The van der Waals surface area contributed by atoms with Crippen LogP contribution in [0.4, 0.5) is 0 Å². The van der Waals surface area contributed by atoms with Gasteiger partial charge in [-0.1, -0.05) is 29.8 Å². The summed E-state index contributed by atoms with van der Waals surface area (Å²) in [6, 6.07) is 7.42. The Labute approximate surface area is 96.3 Å². The first-order valence-corrected chi connectivity index (χ1v) is 5.55. The van der Waals surface area contributed by atoms with Gasteiger partial charge in [-0.2, -0.15) is 0 Å². The molecule has 0 saturated heterocycles. The fourth-order valence-corrected chi connectivity index (χ4v) is 1.60. The van der Waals surface area contributed by atoms with Crippen LogP contribution >= 0.6 is 11.6 Å². The molecule has 0 radical (unpaired) electrons. The first kappa shape index (κ1) is 12.5. The van der Waals surface area contributed by atoms with Crippen LogP contribution in [0, 0.1) is 0 Å². The smallest absolute Gasteiger partial charge is 0.129 e. The molecule has 0 aromatic heterocycles. The lowest BCUT2D eigenvalue weighted by atomic mass is 10.1. The molecule has 1 aromatic carbocycles. The highest BCUT2D eigenvalue weighted by atomic mass is 35.5. The molecule has 0 aliphatic carbocycles. The molecule has 1 rings (SSSR count). The van der Waals surface area contributed by atoms with Crippen LogP contribution in [0.15, 0.2) is 24.3 Å². The molecule has 0 fully saturated rings. The van der Waals surface area contributed by atoms with E-state index in [1.807, 2.05) is 18.2 Å². The van der Waals surface area contributed by atoms with Gasteiger partial charge in [0.1, 0.15) is 12.6 Å². The normalized spacial score (nSPS) is 13.9. The second-order valence-electron chi connectivity index (χ2n) is 4.84. The highest BCUT2D eigenvalue weighted by molar-refractivity contribution is 6.31. The van der Waals surface area contributed by atoms with E-state index in [1.165, 1.54) is 0 Å². The predicted octanol–water partition coefficient (Wildman–Crippen LogP) is 1.74. The molecule has 84 valence electrons. The lowest BCUT2D eigenvalue weighted by Gasteiger charge is -2.20. The van der Waals surface area contributed by atoms with E-state index in [1.54, 1.807) is 6.07 Å². The van der Waals surface area contributed by atoms with Crippen molar-refractivity contribution >= 4 is 11.6 Å². The second-order valence-corrected chi connectivity index (χ2v) is 5.25. The van der Waals surface area contributed by atoms with Gasteiger partial charge in [-0.3, -0.25) is 0 Å². The summed E-state index contributed by atoms with van der Waals surface area (Å²) in [5, 5.41) is 12.7. The molecule has 1 aromatic rings. The summed E-state index contributed by atoms with van der Waals surface area (Å²) in [4.78, 5) is 0. The van der Waals surface area contributed by atoms with Crippen LogP contribution in [0.25, 0.3) is 0 Å². The van der Waals surface area contributed by atoms with E-state index >= 15 is 0 Å². The van der Waals surface area contributed by atoms with Gasteiger partial charge in [0.15, 0.2) is 0 Å². The van der Waals surface area contributed by atoms with Crippen LogP contribution in [-0.2, 0) is 0 Å². The first-order chi connectivity index (χ1) is 6.90. The van der Waals surface area contributed by atoms with Gasteiger partial charge in [0.2, 0.25) is 0 Å². The number of quaternary nitrogens is 1. The van der Waals surface area contributed by atoms with Gasteiger partial charge < -0.3 is 10.4 Å². The predicted molar refractivity (Wildman–Crippen MR) is 63.0 cm³/mol. The monoisotopic (exact) mass is 228 g/mol. The lowest BCUT2D eigenvalue weighted by molar-refractivity contribution is -0.722. The van der Waals surface area contributed by atoms with Gasteiger partial charge in [-0.15, -0.1) is 0 Å². The van der Waals surface area contributed by atoms with E-state index in [9.17, 15) is 5.11 Å². The Morgan fingerprint density at radius 1 is 1.33 bits per heavy atom. The maximum atomic E-state index is 9.95. The summed E-state index contributed by atoms with van der Waals surface area (Å²) in [5.74, 6) is 0. The Morgan fingerprint density at radius 2 is 1.93 bits per heavy atom. The number of hydrogen-bond donors (Lipinski definition) is 2. The summed E-state index contributed by atoms with van der Waals surface area (Å²) in [6.45, 7) is 6.98. The zero-order valence-corrected chi connectivity index (χ0v) is 10.3. The number of aliphatic hydroxyl groups excluding tert-OH is 1. The van der Waals surface area contributed by atoms with E-state index in [0.29, 0.717) is 11.6 Å².